The minimum absolute atomic E-state index is 0.145. The Kier molecular flexibility index (Phi) is 3.75. The van der Waals surface area contributed by atoms with Crippen LogP contribution in [0.2, 0.25) is 0 Å². The van der Waals surface area contributed by atoms with Gasteiger partial charge in [-0.2, -0.15) is 0 Å². The van der Waals surface area contributed by atoms with Crippen LogP contribution in [0, 0.1) is 0 Å². The largest absolute Gasteiger partial charge is 0.375 e. The second-order valence-electron chi connectivity index (χ2n) is 2.93. The molecule has 0 aliphatic carbocycles. The molecular formula is C8H12NO2PS2. The predicted molar refractivity (Wildman–Crippen MR) is 64.9 cm³/mol. The van der Waals surface area contributed by atoms with Crippen LogP contribution in [0.4, 0.5) is 0 Å². The molecule has 0 heterocycles. The van der Waals surface area contributed by atoms with Crippen molar-refractivity contribution in [3.63, 3.8) is 0 Å². The average Bonchev–Trinajstić information content (AvgIpc) is 2.16. The standard InChI is InChI=1S/C8H12NO2PS2/c9-6-8(10,12(11,13)14)7-4-2-1-3-5-7/h1-5,10H,6,9H2,(H2,11,13,14). The van der Waals surface area contributed by atoms with Crippen molar-refractivity contribution in [1.29, 1.82) is 0 Å². The van der Waals surface area contributed by atoms with Crippen molar-refractivity contribution in [2.45, 2.75) is 5.34 Å². The second-order valence-corrected chi connectivity index (χ2v) is 8.89. The summed E-state index contributed by atoms with van der Waals surface area (Å²) < 4.78 is 0. The monoisotopic (exact) mass is 249 g/mol. The average molecular weight is 249 g/mol. The lowest BCUT2D eigenvalue weighted by Crippen LogP contribution is -2.33. The van der Waals surface area contributed by atoms with E-state index in [1.165, 1.54) is 0 Å². The van der Waals surface area contributed by atoms with Crippen molar-refractivity contribution in [3.05, 3.63) is 35.9 Å². The number of hydrogen-bond acceptors (Lipinski definition) is 3. The molecule has 0 bridgehead atoms. The summed E-state index contributed by atoms with van der Waals surface area (Å²) in [6, 6.07) is 8.63. The van der Waals surface area contributed by atoms with Crippen LogP contribution in [0.3, 0.4) is 0 Å². The SMILES string of the molecule is NCC(O)(c1ccccc1)P(O)(=S)S. The Balaban J connectivity index is 3.23. The molecule has 78 valence electrons. The molecule has 0 fully saturated rings. The van der Waals surface area contributed by atoms with Gasteiger partial charge in [0.1, 0.15) is 0 Å². The fraction of sp³-hybridized carbons (Fsp3) is 0.250. The number of thiol groups is 1. The van der Waals surface area contributed by atoms with Gasteiger partial charge in [0.25, 0.3) is 0 Å². The van der Waals surface area contributed by atoms with E-state index in [4.69, 9.17) is 17.5 Å². The number of benzene rings is 1. The van der Waals surface area contributed by atoms with Gasteiger partial charge in [-0.15, -0.1) is 12.2 Å². The molecule has 0 spiro atoms. The number of nitrogens with two attached hydrogens (primary N) is 1. The summed E-state index contributed by atoms with van der Waals surface area (Å²) >= 11 is 8.68. The van der Waals surface area contributed by atoms with Gasteiger partial charge in [0.15, 0.2) is 10.8 Å². The van der Waals surface area contributed by atoms with Gasteiger partial charge in [0, 0.05) is 6.54 Å². The lowest BCUT2D eigenvalue weighted by Gasteiger charge is -2.31. The summed E-state index contributed by atoms with van der Waals surface area (Å²) in [7, 11) is 0. The molecule has 6 heteroatoms. The zero-order valence-corrected chi connectivity index (χ0v) is 9.97. The Bertz CT molecular complexity index is 354. The first-order valence-electron chi connectivity index (χ1n) is 3.95. The fourth-order valence-electron chi connectivity index (χ4n) is 1.11. The van der Waals surface area contributed by atoms with Crippen LogP contribution in [0.5, 0.6) is 0 Å². The first kappa shape index (κ1) is 12.2. The molecular weight excluding hydrogens is 237 g/mol. The molecule has 0 saturated carbocycles. The highest BCUT2D eigenvalue weighted by atomic mass is 32.9. The molecule has 14 heavy (non-hydrogen) atoms. The summed E-state index contributed by atoms with van der Waals surface area (Å²) in [5.41, 5.74) is 2.78. The van der Waals surface area contributed by atoms with E-state index in [2.05, 4.69) is 12.2 Å². The van der Waals surface area contributed by atoms with Crippen molar-refractivity contribution >= 4 is 29.5 Å². The minimum Gasteiger partial charge on any atom is -0.375 e. The third-order valence-corrected chi connectivity index (χ3v) is 5.31. The van der Waals surface area contributed by atoms with Gasteiger partial charge >= 0.3 is 0 Å². The highest BCUT2D eigenvalue weighted by Crippen LogP contribution is 2.61. The summed E-state index contributed by atoms with van der Waals surface area (Å²) in [5.74, 6) is 0. The van der Waals surface area contributed by atoms with Crippen molar-refractivity contribution in [3.8, 4) is 0 Å². The van der Waals surface area contributed by atoms with E-state index in [9.17, 15) is 10.00 Å². The van der Waals surface area contributed by atoms with Crippen molar-refractivity contribution in [2.24, 2.45) is 5.73 Å². The normalized spacial score (nSPS) is 19.7. The van der Waals surface area contributed by atoms with Gasteiger partial charge in [-0.1, -0.05) is 42.1 Å². The third kappa shape index (κ3) is 2.19. The maximum Gasteiger partial charge on any atom is 0.161 e. The van der Waals surface area contributed by atoms with Crippen LogP contribution in [0.1, 0.15) is 5.56 Å². The quantitative estimate of drug-likeness (QED) is 0.477. The molecule has 4 N–H and O–H groups in total. The van der Waals surface area contributed by atoms with Gasteiger partial charge in [0.2, 0.25) is 0 Å². The summed E-state index contributed by atoms with van der Waals surface area (Å²) in [6.45, 7) is -0.145. The molecule has 1 rings (SSSR count). The number of aliphatic hydroxyl groups is 1. The third-order valence-electron chi connectivity index (χ3n) is 2.00. The first-order chi connectivity index (χ1) is 6.42. The van der Waals surface area contributed by atoms with Crippen LogP contribution in [0.25, 0.3) is 0 Å². The minimum atomic E-state index is -3.15. The van der Waals surface area contributed by atoms with Gasteiger partial charge in [-0.05, 0) is 5.56 Å². The fourth-order valence-corrected chi connectivity index (χ4v) is 2.96. The summed E-state index contributed by atoms with van der Waals surface area (Å²) in [4.78, 5) is 9.65. The van der Waals surface area contributed by atoms with E-state index in [1.807, 2.05) is 0 Å². The molecule has 0 aromatic heterocycles. The second kappa shape index (κ2) is 4.31. The Morgan fingerprint density at radius 2 is 1.93 bits per heavy atom. The van der Waals surface area contributed by atoms with E-state index in [0.29, 0.717) is 5.56 Å². The van der Waals surface area contributed by atoms with E-state index in [1.54, 1.807) is 30.3 Å². The van der Waals surface area contributed by atoms with Crippen LogP contribution in [-0.4, -0.2) is 16.5 Å². The Morgan fingerprint density at radius 3 is 2.29 bits per heavy atom. The molecule has 0 radical (unpaired) electrons. The zero-order chi connectivity index (χ0) is 10.8. The van der Waals surface area contributed by atoms with Gasteiger partial charge in [0.05, 0.1) is 0 Å². The number of hydrogen-bond donors (Lipinski definition) is 4. The van der Waals surface area contributed by atoms with E-state index < -0.39 is 10.8 Å². The molecule has 0 aliphatic rings. The lowest BCUT2D eigenvalue weighted by atomic mass is 10.1. The molecule has 3 nitrogen and oxygen atoms in total. The van der Waals surface area contributed by atoms with Crippen molar-refractivity contribution in [1.82, 2.24) is 0 Å². The predicted octanol–water partition coefficient (Wildman–Crippen LogP) is 1.02. The molecule has 0 amide bonds. The molecule has 0 saturated heterocycles. The van der Waals surface area contributed by atoms with Gasteiger partial charge in [-0.25, -0.2) is 0 Å². The highest BCUT2D eigenvalue weighted by molar-refractivity contribution is 8.61. The zero-order valence-electron chi connectivity index (χ0n) is 7.37. The van der Waals surface area contributed by atoms with E-state index in [0.717, 1.165) is 0 Å². The van der Waals surface area contributed by atoms with Crippen LogP contribution in [-0.2, 0) is 17.1 Å². The molecule has 1 aromatic carbocycles. The number of rotatable bonds is 3. The Labute approximate surface area is 93.2 Å². The van der Waals surface area contributed by atoms with Crippen molar-refractivity contribution in [2.75, 3.05) is 6.54 Å². The van der Waals surface area contributed by atoms with Crippen LogP contribution >= 0.6 is 17.7 Å². The molecule has 0 aliphatic heterocycles. The van der Waals surface area contributed by atoms with Gasteiger partial charge in [-0.3, -0.25) is 0 Å². The molecule has 2 unspecified atom stereocenters. The summed E-state index contributed by atoms with van der Waals surface area (Å²) in [6.07, 6.45) is 0. The van der Waals surface area contributed by atoms with Crippen molar-refractivity contribution < 1.29 is 10.00 Å². The Morgan fingerprint density at radius 1 is 1.43 bits per heavy atom. The van der Waals surface area contributed by atoms with E-state index >= 15 is 0 Å². The lowest BCUT2D eigenvalue weighted by molar-refractivity contribution is 0.132. The highest BCUT2D eigenvalue weighted by Gasteiger charge is 2.39. The smallest absolute Gasteiger partial charge is 0.161 e. The van der Waals surface area contributed by atoms with Crippen LogP contribution < -0.4 is 5.73 Å². The van der Waals surface area contributed by atoms with E-state index in [-0.39, 0.29) is 6.54 Å². The Hall–Kier alpha value is 0.1000. The maximum absolute atomic E-state index is 10.1. The topological polar surface area (TPSA) is 66.5 Å². The molecule has 1 aromatic rings. The van der Waals surface area contributed by atoms with Crippen LogP contribution in [0.15, 0.2) is 30.3 Å². The maximum atomic E-state index is 10.1. The van der Waals surface area contributed by atoms with Gasteiger partial charge < -0.3 is 15.7 Å². The molecule has 2 atom stereocenters. The first-order valence-corrected chi connectivity index (χ1v) is 7.86. The summed E-state index contributed by atoms with van der Waals surface area (Å²) in [5, 5.41) is 8.52.